The number of nitrogens with zero attached hydrogens (tertiary/aromatic N) is 2. The van der Waals surface area contributed by atoms with Crippen molar-refractivity contribution in [2.45, 2.75) is 19.4 Å². The van der Waals surface area contributed by atoms with E-state index in [0.717, 1.165) is 26.1 Å². The van der Waals surface area contributed by atoms with E-state index in [1.165, 1.54) is 5.56 Å². The lowest BCUT2D eigenvalue weighted by molar-refractivity contribution is -0.130. The Hall–Kier alpha value is -1.72. The summed E-state index contributed by atoms with van der Waals surface area (Å²) >= 11 is 5.11. The van der Waals surface area contributed by atoms with Crippen molar-refractivity contribution in [2.24, 2.45) is 0 Å². The van der Waals surface area contributed by atoms with E-state index in [9.17, 15) is 4.79 Å². The fourth-order valence-electron chi connectivity index (χ4n) is 2.41. The molecule has 1 amide bonds. The number of aryl methyl sites for hydroxylation is 1. The van der Waals surface area contributed by atoms with Gasteiger partial charge in [-0.3, -0.25) is 4.79 Å². The van der Waals surface area contributed by atoms with E-state index in [0.29, 0.717) is 13.0 Å². The number of halogens is 1. The molecule has 0 radical (unpaired) electrons. The first-order valence-corrected chi connectivity index (χ1v) is 9.05. The molecule has 0 saturated carbocycles. The van der Waals surface area contributed by atoms with Gasteiger partial charge < -0.3 is 4.90 Å². The van der Waals surface area contributed by atoms with E-state index in [1.807, 2.05) is 43.4 Å². The second-order valence-electron chi connectivity index (χ2n) is 5.46. The van der Waals surface area contributed by atoms with Crippen molar-refractivity contribution in [1.29, 1.82) is 0 Å². The predicted octanol–water partition coefficient (Wildman–Crippen LogP) is 4.65. The van der Waals surface area contributed by atoms with E-state index in [2.05, 4.69) is 33.0 Å². The molecule has 3 aromatic rings. The molecule has 3 nitrogen and oxygen atoms in total. The van der Waals surface area contributed by atoms with E-state index < -0.39 is 0 Å². The van der Waals surface area contributed by atoms with Crippen LogP contribution in [-0.4, -0.2) is 22.8 Å². The maximum absolute atomic E-state index is 12.3. The van der Waals surface area contributed by atoms with Crippen LogP contribution in [0.2, 0.25) is 0 Å². The quantitative estimate of drug-likeness (QED) is 0.637. The summed E-state index contributed by atoms with van der Waals surface area (Å²) < 4.78 is 2.21. The molecular formula is C18H17BrN2OS. The minimum atomic E-state index is 0.143. The summed E-state index contributed by atoms with van der Waals surface area (Å²) in [4.78, 5) is 18.7. The van der Waals surface area contributed by atoms with Crippen molar-refractivity contribution in [1.82, 2.24) is 9.88 Å². The Labute approximate surface area is 148 Å². The van der Waals surface area contributed by atoms with E-state index >= 15 is 0 Å². The molecule has 0 aliphatic rings. The number of rotatable bonds is 5. The van der Waals surface area contributed by atoms with Gasteiger partial charge in [-0.2, -0.15) is 0 Å². The highest BCUT2D eigenvalue weighted by Crippen LogP contribution is 2.22. The zero-order valence-electron chi connectivity index (χ0n) is 12.8. The third-order valence-electron chi connectivity index (χ3n) is 3.65. The Morgan fingerprint density at radius 2 is 2.04 bits per heavy atom. The molecule has 0 saturated heterocycles. The largest absolute Gasteiger partial charge is 0.339 e. The maximum Gasteiger partial charge on any atom is 0.223 e. The molecule has 0 spiro atoms. The van der Waals surface area contributed by atoms with E-state index in [-0.39, 0.29) is 5.91 Å². The number of amides is 1. The second kappa shape index (κ2) is 7.23. The van der Waals surface area contributed by atoms with Crippen LogP contribution in [0.1, 0.15) is 17.0 Å². The number of hydrogen-bond acceptors (Lipinski definition) is 3. The minimum absolute atomic E-state index is 0.143. The number of carbonyl (C=O) groups is 1. The number of thiazole rings is 1. The molecule has 0 bridgehead atoms. The standard InChI is InChI=1S/C18H17BrN2OS/c1-21(12-17-20-15-7-2-3-8-16(15)23-17)18(22)10-9-13-5-4-6-14(19)11-13/h2-8,11H,9-10,12H2,1H3. The van der Waals surface area contributed by atoms with Crippen LogP contribution in [0.5, 0.6) is 0 Å². The van der Waals surface area contributed by atoms with Crippen molar-refractivity contribution in [3.8, 4) is 0 Å². The van der Waals surface area contributed by atoms with Crippen LogP contribution in [0.3, 0.4) is 0 Å². The maximum atomic E-state index is 12.3. The van der Waals surface area contributed by atoms with Gasteiger partial charge in [0.2, 0.25) is 5.91 Å². The molecule has 3 rings (SSSR count). The van der Waals surface area contributed by atoms with Crippen molar-refractivity contribution < 1.29 is 4.79 Å². The summed E-state index contributed by atoms with van der Waals surface area (Å²) in [7, 11) is 1.84. The van der Waals surface area contributed by atoms with Gasteiger partial charge in [0.05, 0.1) is 16.8 Å². The normalized spacial score (nSPS) is 10.9. The van der Waals surface area contributed by atoms with Gasteiger partial charge in [-0.25, -0.2) is 4.98 Å². The minimum Gasteiger partial charge on any atom is -0.339 e. The van der Waals surface area contributed by atoms with E-state index in [4.69, 9.17) is 0 Å². The zero-order chi connectivity index (χ0) is 16.2. The lowest BCUT2D eigenvalue weighted by Gasteiger charge is -2.15. The summed E-state index contributed by atoms with van der Waals surface area (Å²) in [5, 5.41) is 0.976. The molecule has 0 aliphatic heterocycles. The van der Waals surface area contributed by atoms with Gasteiger partial charge >= 0.3 is 0 Å². The van der Waals surface area contributed by atoms with Crippen LogP contribution in [0.25, 0.3) is 10.2 Å². The van der Waals surface area contributed by atoms with Gasteiger partial charge in [0, 0.05) is 17.9 Å². The SMILES string of the molecule is CN(Cc1nc2ccccc2s1)C(=O)CCc1cccc(Br)c1. The van der Waals surface area contributed by atoms with Gasteiger partial charge in [0.15, 0.2) is 0 Å². The number of aromatic nitrogens is 1. The van der Waals surface area contributed by atoms with Crippen LogP contribution in [0, 0.1) is 0 Å². The molecule has 1 heterocycles. The molecule has 23 heavy (non-hydrogen) atoms. The fraction of sp³-hybridized carbons (Fsp3) is 0.222. The Bertz CT molecular complexity index is 798. The average molecular weight is 389 g/mol. The zero-order valence-corrected chi connectivity index (χ0v) is 15.2. The first-order chi connectivity index (χ1) is 11.1. The summed E-state index contributed by atoms with van der Waals surface area (Å²) in [6, 6.07) is 16.2. The molecule has 0 aliphatic carbocycles. The van der Waals surface area contributed by atoms with Crippen LogP contribution >= 0.6 is 27.3 Å². The molecule has 0 unspecified atom stereocenters. The Kier molecular flexibility index (Phi) is 5.08. The van der Waals surface area contributed by atoms with Crippen LogP contribution in [0.4, 0.5) is 0 Å². The molecule has 118 valence electrons. The number of fused-ring (bicyclic) bond motifs is 1. The predicted molar refractivity (Wildman–Crippen MR) is 98.6 cm³/mol. The highest BCUT2D eigenvalue weighted by atomic mass is 79.9. The van der Waals surface area contributed by atoms with Crippen molar-refractivity contribution in [3.05, 3.63) is 63.6 Å². The Balaban J connectivity index is 1.58. The third kappa shape index (κ3) is 4.18. The monoisotopic (exact) mass is 388 g/mol. The number of benzene rings is 2. The number of carbonyl (C=O) groups excluding carboxylic acids is 1. The lowest BCUT2D eigenvalue weighted by Crippen LogP contribution is -2.26. The summed E-state index contributed by atoms with van der Waals surface area (Å²) in [5.41, 5.74) is 2.17. The van der Waals surface area contributed by atoms with Crippen molar-refractivity contribution in [2.75, 3.05) is 7.05 Å². The summed E-state index contributed by atoms with van der Waals surface area (Å²) in [6.07, 6.45) is 1.26. The topological polar surface area (TPSA) is 33.2 Å². The van der Waals surface area contributed by atoms with Crippen molar-refractivity contribution >= 4 is 43.4 Å². The smallest absolute Gasteiger partial charge is 0.223 e. The molecule has 0 atom stereocenters. The van der Waals surface area contributed by atoms with Gasteiger partial charge in [0.25, 0.3) is 0 Å². The Morgan fingerprint density at radius 1 is 1.22 bits per heavy atom. The van der Waals surface area contributed by atoms with Crippen molar-refractivity contribution in [3.63, 3.8) is 0 Å². The highest BCUT2D eigenvalue weighted by Gasteiger charge is 2.12. The highest BCUT2D eigenvalue weighted by molar-refractivity contribution is 9.10. The second-order valence-corrected chi connectivity index (χ2v) is 7.49. The van der Waals surface area contributed by atoms with Gasteiger partial charge in [-0.1, -0.05) is 40.2 Å². The number of hydrogen-bond donors (Lipinski definition) is 0. The van der Waals surface area contributed by atoms with Gasteiger partial charge in [-0.05, 0) is 36.2 Å². The van der Waals surface area contributed by atoms with Gasteiger partial charge in [-0.15, -0.1) is 11.3 Å². The summed E-state index contributed by atoms with van der Waals surface area (Å²) in [5.74, 6) is 0.143. The van der Waals surface area contributed by atoms with E-state index in [1.54, 1.807) is 16.2 Å². The lowest BCUT2D eigenvalue weighted by atomic mass is 10.1. The molecule has 0 N–H and O–H groups in total. The fourth-order valence-corrected chi connectivity index (χ4v) is 3.88. The van der Waals surface area contributed by atoms with Crippen LogP contribution < -0.4 is 0 Å². The molecule has 5 heteroatoms. The Morgan fingerprint density at radius 3 is 2.83 bits per heavy atom. The summed E-state index contributed by atoms with van der Waals surface area (Å²) in [6.45, 7) is 0.566. The first-order valence-electron chi connectivity index (χ1n) is 7.44. The molecule has 1 aromatic heterocycles. The van der Waals surface area contributed by atoms with Crippen LogP contribution in [-0.2, 0) is 17.8 Å². The third-order valence-corrected chi connectivity index (χ3v) is 5.17. The molecule has 2 aromatic carbocycles. The molecule has 0 fully saturated rings. The van der Waals surface area contributed by atoms with Gasteiger partial charge in [0.1, 0.15) is 5.01 Å². The average Bonchev–Trinajstić information content (AvgIpc) is 2.94. The molecular weight excluding hydrogens is 372 g/mol. The van der Waals surface area contributed by atoms with Crippen LogP contribution in [0.15, 0.2) is 53.0 Å². The number of para-hydroxylation sites is 1. The first kappa shape index (κ1) is 16.1.